The molecule has 37 heavy (non-hydrogen) atoms. The number of amides is 1. The summed E-state index contributed by atoms with van der Waals surface area (Å²) in [5.41, 5.74) is 0.202. The summed E-state index contributed by atoms with van der Waals surface area (Å²) in [6.45, 7) is 6.82. The SMILES string of the molecule is CC.CC(=O)N(C)C1CCN(c2cc(-c3ccc(Sc4ccc(O)c(O)c4)c(C(F)(F)F)c3)ccn2)C1. The molecule has 1 amide bonds. The second-order valence-corrected chi connectivity index (χ2v) is 9.50. The van der Waals surface area contributed by atoms with Crippen molar-refractivity contribution < 1.29 is 28.2 Å². The summed E-state index contributed by atoms with van der Waals surface area (Å²) >= 11 is 0.853. The Kier molecular flexibility index (Phi) is 8.96. The average Bonchev–Trinajstić information content (AvgIpc) is 3.37. The minimum absolute atomic E-state index is 0.0151. The highest BCUT2D eigenvalue weighted by atomic mass is 32.2. The van der Waals surface area contributed by atoms with E-state index >= 15 is 0 Å². The van der Waals surface area contributed by atoms with Gasteiger partial charge in [0.1, 0.15) is 5.82 Å². The van der Waals surface area contributed by atoms with Gasteiger partial charge in [0, 0.05) is 43.0 Å². The number of hydrogen-bond donors (Lipinski definition) is 2. The van der Waals surface area contributed by atoms with Gasteiger partial charge >= 0.3 is 6.18 Å². The third kappa shape index (κ3) is 6.68. The van der Waals surface area contributed by atoms with E-state index in [0.717, 1.165) is 24.2 Å². The van der Waals surface area contributed by atoms with Crippen molar-refractivity contribution in [2.75, 3.05) is 25.0 Å². The van der Waals surface area contributed by atoms with Crippen LogP contribution >= 0.6 is 11.8 Å². The number of alkyl halides is 3. The van der Waals surface area contributed by atoms with Gasteiger partial charge in [-0.25, -0.2) is 4.98 Å². The number of benzene rings is 2. The number of phenolic OH excluding ortho intramolecular Hbond substituents is 2. The summed E-state index contributed by atoms with van der Waals surface area (Å²) in [5, 5.41) is 19.1. The lowest BCUT2D eigenvalue weighted by Gasteiger charge is -2.24. The van der Waals surface area contributed by atoms with Crippen molar-refractivity contribution in [3.8, 4) is 22.6 Å². The smallest absolute Gasteiger partial charge is 0.417 e. The van der Waals surface area contributed by atoms with Gasteiger partial charge in [-0.3, -0.25) is 4.79 Å². The maximum atomic E-state index is 13.9. The minimum atomic E-state index is -4.59. The first-order valence-electron chi connectivity index (χ1n) is 11.9. The highest BCUT2D eigenvalue weighted by molar-refractivity contribution is 7.99. The third-order valence-corrected chi connectivity index (χ3v) is 7.14. The normalized spacial score (nSPS) is 15.2. The molecular formula is C27H30F3N3O3S. The van der Waals surface area contributed by atoms with Crippen molar-refractivity contribution >= 4 is 23.5 Å². The van der Waals surface area contributed by atoms with Crippen LogP contribution in [0.15, 0.2) is 64.5 Å². The number of aromatic nitrogens is 1. The molecule has 3 aromatic rings. The van der Waals surface area contributed by atoms with Crippen molar-refractivity contribution in [1.82, 2.24) is 9.88 Å². The summed E-state index contributed by atoms with van der Waals surface area (Å²) in [7, 11) is 1.76. The van der Waals surface area contributed by atoms with E-state index in [-0.39, 0.29) is 22.6 Å². The standard InChI is InChI=1S/C25H24F3N3O3S.C2H6/c1-15(32)30(2)18-8-10-31(14-18)24-12-17(7-9-29-24)16-3-6-23(20(11-16)25(26,27)28)35-19-4-5-21(33)22(34)13-19;1-2/h3-7,9,11-13,18,33-34H,8,10,14H2,1-2H3;1-2H3. The van der Waals surface area contributed by atoms with Gasteiger partial charge < -0.3 is 20.0 Å². The second-order valence-electron chi connectivity index (χ2n) is 8.38. The van der Waals surface area contributed by atoms with Crippen LogP contribution in [0.4, 0.5) is 19.0 Å². The molecule has 1 aromatic heterocycles. The molecule has 198 valence electrons. The number of likely N-dealkylation sites (N-methyl/N-ethyl adjacent to an activating group) is 1. The predicted octanol–water partition coefficient (Wildman–Crippen LogP) is 6.41. The summed E-state index contributed by atoms with van der Waals surface area (Å²) < 4.78 is 41.8. The van der Waals surface area contributed by atoms with Crippen molar-refractivity contribution in [2.24, 2.45) is 0 Å². The van der Waals surface area contributed by atoms with Gasteiger partial charge in [-0.05, 0) is 60.0 Å². The van der Waals surface area contributed by atoms with Gasteiger partial charge in [-0.1, -0.05) is 31.7 Å². The minimum Gasteiger partial charge on any atom is -0.504 e. The lowest BCUT2D eigenvalue weighted by atomic mass is 10.0. The number of rotatable bonds is 5. The molecule has 1 fully saturated rings. The molecule has 1 aliphatic heterocycles. The Morgan fingerprint density at radius 1 is 1.05 bits per heavy atom. The third-order valence-electron chi connectivity index (χ3n) is 6.07. The summed E-state index contributed by atoms with van der Waals surface area (Å²) in [6.07, 6.45) is -2.23. The highest BCUT2D eigenvalue weighted by Gasteiger charge is 2.34. The topological polar surface area (TPSA) is 76.9 Å². The monoisotopic (exact) mass is 533 g/mol. The summed E-state index contributed by atoms with van der Waals surface area (Å²) in [5.74, 6) is -0.109. The van der Waals surface area contributed by atoms with Gasteiger partial charge in [0.2, 0.25) is 5.91 Å². The molecule has 10 heteroatoms. The van der Waals surface area contributed by atoms with Crippen LogP contribution in [0.5, 0.6) is 11.5 Å². The van der Waals surface area contributed by atoms with E-state index in [9.17, 15) is 28.2 Å². The first-order chi connectivity index (χ1) is 17.5. The van der Waals surface area contributed by atoms with Crippen LogP contribution in [0.2, 0.25) is 0 Å². The van der Waals surface area contributed by atoms with Gasteiger partial charge in [0.15, 0.2) is 11.5 Å². The number of hydrogen-bond acceptors (Lipinski definition) is 6. The Morgan fingerprint density at radius 2 is 1.76 bits per heavy atom. The second kappa shape index (κ2) is 11.8. The number of carbonyl (C=O) groups excluding carboxylic acids is 1. The fraction of sp³-hybridized carbons (Fsp3) is 0.333. The van der Waals surface area contributed by atoms with Crippen molar-refractivity contribution in [2.45, 2.75) is 49.2 Å². The van der Waals surface area contributed by atoms with E-state index in [0.29, 0.717) is 34.9 Å². The molecule has 0 bridgehead atoms. The van der Waals surface area contributed by atoms with Crippen LogP contribution < -0.4 is 4.90 Å². The molecule has 0 radical (unpaired) electrons. The van der Waals surface area contributed by atoms with E-state index in [1.807, 2.05) is 18.7 Å². The first-order valence-corrected chi connectivity index (χ1v) is 12.7. The Balaban J connectivity index is 0.00000186. The fourth-order valence-electron chi connectivity index (χ4n) is 4.01. The van der Waals surface area contributed by atoms with Crippen LogP contribution in [0.1, 0.15) is 32.8 Å². The Hall–Kier alpha value is -3.40. The number of anilines is 1. The number of carbonyl (C=O) groups is 1. The Labute approximate surface area is 218 Å². The van der Waals surface area contributed by atoms with Crippen molar-refractivity contribution in [3.63, 3.8) is 0 Å². The Bertz CT molecular complexity index is 1250. The quantitative estimate of drug-likeness (QED) is 0.369. The molecule has 2 heterocycles. The van der Waals surface area contributed by atoms with Crippen LogP contribution in [0.3, 0.4) is 0 Å². The maximum absolute atomic E-state index is 13.9. The molecular weight excluding hydrogens is 503 g/mol. The Morgan fingerprint density at radius 3 is 2.41 bits per heavy atom. The van der Waals surface area contributed by atoms with E-state index in [1.54, 1.807) is 36.3 Å². The molecule has 1 atom stereocenters. The lowest BCUT2D eigenvalue weighted by Crippen LogP contribution is -2.37. The molecule has 1 aliphatic rings. The average molecular weight is 534 g/mol. The number of phenols is 2. The number of pyridine rings is 1. The van der Waals surface area contributed by atoms with E-state index in [1.165, 1.54) is 31.2 Å². The molecule has 1 saturated heterocycles. The largest absolute Gasteiger partial charge is 0.504 e. The predicted molar refractivity (Wildman–Crippen MR) is 139 cm³/mol. The first kappa shape index (κ1) is 28.2. The highest BCUT2D eigenvalue weighted by Crippen LogP contribution is 2.43. The zero-order valence-corrected chi connectivity index (χ0v) is 21.9. The molecule has 0 spiro atoms. The summed E-state index contributed by atoms with van der Waals surface area (Å²) in [6, 6.07) is 11.5. The molecule has 6 nitrogen and oxygen atoms in total. The molecule has 2 N–H and O–H groups in total. The number of aromatic hydroxyl groups is 2. The van der Waals surface area contributed by atoms with Gasteiger partial charge in [-0.2, -0.15) is 13.2 Å². The van der Waals surface area contributed by atoms with Crippen LogP contribution in [-0.4, -0.2) is 52.2 Å². The van der Waals surface area contributed by atoms with Gasteiger partial charge in [0.25, 0.3) is 0 Å². The van der Waals surface area contributed by atoms with Gasteiger partial charge in [-0.15, -0.1) is 0 Å². The molecule has 1 unspecified atom stereocenters. The number of nitrogens with zero attached hydrogens (tertiary/aromatic N) is 3. The summed E-state index contributed by atoms with van der Waals surface area (Å²) in [4.78, 5) is 20.1. The van der Waals surface area contributed by atoms with E-state index < -0.39 is 17.5 Å². The van der Waals surface area contributed by atoms with Crippen LogP contribution in [-0.2, 0) is 11.0 Å². The van der Waals surface area contributed by atoms with E-state index in [4.69, 9.17) is 0 Å². The zero-order chi connectivity index (χ0) is 27.3. The van der Waals surface area contributed by atoms with Crippen LogP contribution in [0.25, 0.3) is 11.1 Å². The fourth-order valence-corrected chi connectivity index (χ4v) is 4.99. The molecule has 4 rings (SSSR count). The maximum Gasteiger partial charge on any atom is 0.417 e. The molecule has 2 aromatic carbocycles. The van der Waals surface area contributed by atoms with E-state index in [2.05, 4.69) is 4.98 Å². The molecule has 0 aliphatic carbocycles. The van der Waals surface area contributed by atoms with Gasteiger partial charge in [0.05, 0.1) is 11.6 Å². The zero-order valence-electron chi connectivity index (χ0n) is 21.1. The lowest BCUT2D eigenvalue weighted by molar-refractivity contribution is -0.139. The number of halogens is 3. The van der Waals surface area contributed by atoms with Crippen molar-refractivity contribution in [3.05, 3.63) is 60.3 Å². The molecule has 0 saturated carbocycles. The van der Waals surface area contributed by atoms with Crippen molar-refractivity contribution in [1.29, 1.82) is 0 Å². The van der Waals surface area contributed by atoms with Crippen LogP contribution in [0, 0.1) is 0 Å².